The molecule has 0 bridgehead atoms. The molecule has 0 radical (unpaired) electrons. The van der Waals surface area contributed by atoms with E-state index < -0.39 is 5.60 Å². The second-order valence-electron chi connectivity index (χ2n) is 5.31. The first-order chi connectivity index (χ1) is 9.69. The van der Waals surface area contributed by atoms with E-state index >= 15 is 0 Å². The summed E-state index contributed by atoms with van der Waals surface area (Å²) in [7, 11) is 0. The molecule has 1 heterocycles. The van der Waals surface area contributed by atoms with Crippen molar-refractivity contribution < 1.29 is 9.53 Å². The largest absolute Gasteiger partial charge is 0.440 e. The highest BCUT2D eigenvalue weighted by Gasteiger charge is 2.44. The molecular formula is C17H17NO2. The molecule has 0 aromatic heterocycles. The third kappa shape index (κ3) is 2.27. The zero-order chi connectivity index (χ0) is 14.0. The smallest absolute Gasteiger partial charge is 0.407 e. The molecule has 1 aliphatic rings. The van der Waals surface area contributed by atoms with Gasteiger partial charge in [0.1, 0.15) is 5.60 Å². The molecule has 1 aliphatic heterocycles. The Morgan fingerprint density at radius 3 is 1.90 bits per heavy atom. The molecule has 2 aromatic rings. The molecule has 1 fully saturated rings. The van der Waals surface area contributed by atoms with Crippen LogP contribution in [0.4, 0.5) is 4.79 Å². The van der Waals surface area contributed by atoms with Crippen LogP contribution in [0.1, 0.15) is 24.0 Å². The molecule has 2 aromatic carbocycles. The molecule has 20 heavy (non-hydrogen) atoms. The first-order valence-corrected chi connectivity index (χ1v) is 6.76. The molecule has 3 rings (SSSR count). The van der Waals surface area contributed by atoms with Gasteiger partial charge in [-0.15, -0.1) is 0 Å². The number of cyclic esters (lactones) is 1. The Bertz CT molecular complexity index is 557. The van der Waals surface area contributed by atoms with Crippen molar-refractivity contribution in [3.63, 3.8) is 0 Å². The lowest BCUT2D eigenvalue weighted by molar-refractivity contribution is 0.0588. The summed E-state index contributed by atoms with van der Waals surface area (Å²) in [5.74, 6) is 0.0175. The van der Waals surface area contributed by atoms with Crippen molar-refractivity contribution in [1.29, 1.82) is 0 Å². The summed E-state index contributed by atoms with van der Waals surface area (Å²) in [5, 5.41) is 2.77. The number of hydrogen-bond acceptors (Lipinski definition) is 2. The number of amides is 1. The van der Waals surface area contributed by atoms with Crippen molar-refractivity contribution in [1.82, 2.24) is 5.32 Å². The molecule has 1 N–H and O–H groups in total. The number of rotatable bonds is 3. The van der Waals surface area contributed by atoms with Gasteiger partial charge in [0.05, 0.1) is 12.5 Å². The molecule has 1 atom stereocenters. The Balaban J connectivity index is 2.07. The van der Waals surface area contributed by atoms with Crippen molar-refractivity contribution >= 4 is 6.09 Å². The SMILES string of the molecule is CC1(C(c2ccccc2)c2ccccc2)CNC(=O)O1. The van der Waals surface area contributed by atoms with E-state index in [1.165, 1.54) is 0 Å². The highest BCUT2D eigenvalue weighted by Crippen LogP contribution is 2.38. The lowest BCUT2D eigenvalue weighted by Gasteiger charge is -2.32. The van der Waals surface area contributed by atoms with Crippen molar-refractivity contribution in [2.75, 3.05) is 6.54 Å². The third-order valence-corrected chi connectivity index (χ3v) is 3.79. The second kappa shape index (κ2) is 5.00. The fourth-order valence-corrected chi connectivity index (χ4v) is 2.88. The fourth-order valence-electron chi connectivity index (χ4n) is 2.88. The molecule has 102 valence electrons. The summed E-state index contributed by atoms with van der Waals surface area (Å²) < 4.78 is 5.57. The van der Waals surface area contributed by atoms with Crippen LogP contribution in [0.3, 0.4) is 0 Å². The maximum Gasteiger partial charge on any atom is 0.407 e. The summed E-state index contributed by atoms with van der Waals surface area (Å²) in [5.41, 5.74) is 1.73. The number of benzene rings is 2. The van der Waals surface area contributed by atoms with Crippen molar-refractivity contribution in [3.05, 3.63) is 71.8 Å². The van der Waals surface area contributed by atoms with Gasteiger partial charge in [-0.2, -0.15) is 0 Å². The van der Waals surface area contributed by atoms with Gasteiger partial charge in [0.25, 0.3) is 0 Å². The average Bonchev–Trinajstić information content (AvgIpc) is 2.81. The van der Waals surface area contributed by atoms with Crippen LogP contribution in [0, 0.1) is 0 Å². The summed E-state index contributed by atoms with van der Waals surface area (Å²) in [6.07, 6.45) is -0.343. The quantitative estimate of drug-likeness (QED) is 0.926. The molecule has 1 saturated heterocycles. The highest BCUT2D eigenvalue weighted by atomic mass is 16.6. The number of carbonyl (C=O) groups excluding carboxylic acids is 1. The van der Waals surface area contributed by atoms with E-state index in [2.05, 4.69) is 29.6 Å². The van der Waals surface area contributed by atoms with Crippen LogP contribution in [-0.2, 0) is 4.74 Å². The second-order valence-corrected chi connectivity index (χ2v) is 5.31. The highest BCUT2D eigenvalue weighted by molar-refractivity contribution is 5.70. The molecule has 3 nitrogen and oxygen atoms in total. The van der Waals surface area contributed by atoms with E-state index in [0.29, 0.717) is 6.54 Å². The molecule has 0 spiro atoms. The van der Waals surface area contributed by atoms with Gasteiger partial charge in [0.15, 0.2) is 0 Å². The van der Waals surface area contributed by atoms with Gasteiger partial charge in [-0.25, -0.2) is 4.79 Å². The van der Waals surface area contributed by atoms with E-state index in [0.717, 1.165) is 11.1 Å². The van der Waals surface area contributed by atoms with Gasteiger partial charge in [0.2, 0.25) is 0 Å². The Morgan fingerprint density at radius 1 is 1.00 bits per heavy atom. The van der Waals surface area contributed by atoms with Crippen molar-refractivity contribution in [3.8, 4) is 0 Å². The molecule has 0 saturated carbocycles. The maximum absolute atomic E-state index is 11.5. The van der Waals surface area contributed by atoms with Crippen LogP contribution < -0.4 is 5.32 Å². The lowest BCUT2D eigenvalue weighted by atomic mass is 9.78. The van der Waals surface area contributed by atoms with E-state index in [4.69, 9.17) is 4.74 Å². The van der Waals surface area contributed by atoms with Gasteiger partial charge in [-0.05, 0) is 18.1 Å². The number of alkyl carbamates (subject to hydrolysis) is 1. The van der Waals surface area contributed by atoms with Crippen LogP contribution in [0.2, 0.25) is 0 Å². The van der Waals surface area contributed by atoms with Crippen molar-refractivity contribution in [2.24, 2.45) is 0 Å². The Labute approximate surface area is 118 Å². The minimum Gasteiger partial charge on any atom is -0.440 e. The van der Waals surface area contributed by atoms with E-state index in [-0.39, 0.29) is 12.0 Å². The molecular weight excluding hydrogens is 250 g/mol. The summed E-state index contributed by atoms with van der Waals surface area (Å²) in [6.45, 7) is 2.50. The van der Waals surface area contributed by atoms with Crippen LogP contribution in [0.15, 0.2) is 60.7 Å². The monoisotopic (exact) mass is 267 g/mol. The topological polar surface area (TPSA) is 38.3 Å². The van der Waals surface area contributed by atoms with Crippen LogP contribution >= 0.6 is 0 Å². The summed E-state index contributed by atoms with van der Waals surface area (Å²) >= 11 is 0. The number of ether oxygens (including phenoxy) is 1. The number of carbonyl (C=O) groups is 1. The normalized spacial score (nSPS) is 21.6. The lowest BCUT2D eigenvalue weighted by Crippen LogP contribution is -2.37. The van der Waals surface area contributed by atoms with E-state index in [9.17, 15) is 4.79 Å². The molecule has 1 unspecified atom stereocenters. The first-order valence-electron chi connectivity index (χ1n) is 6.76. The maximum atomic E-state index is 11.5. The van der Waals surface area contributed by atoms with Crippen molar-refractivity contribution in [2.45, 2.75) is 18.4 Å². The Kier molecular flexibility index (Phi) is 3.18. The van der Waals surface area contributed by atoms with Gasteiger partial charge in [0, 0.05) is 0 Å². The zero-order valence-electron chi connectivity index (χ0n) is 11.4. The minimum absolute atomic E-state index is 0.0175. The summed E-state index contributed by atoms with van der Waals surface area (Å²) in [4.78, 5) is 11.5. The fraction of sp³-hybridized carbons (Fsp3) is 0.235. The Morgan fingerprint density at radius 2 is 1.50 bits per heavy atom. The van der Waals surface area contributed by atoms with E-state index in [1.54, 1.807) is 0 Å². The molecule has 0 aliphatic carbocycles. The molecule has 3 heteroatoms. The van der Waals surface area contributed by atoms with Gasteiger partial charge >= 0.3 is 6.09 Å². The summed E-state index contributed by atoms with van der Waals surface area (Å²) in [6, 6.07) is 20.4. The van der Waals surface area contributed by atoms with Crippen LogP contribution in [0.5, 0.6) is 0 Å². The number of hydrogen-bond donors (Lipinski definition) is 1. The number of nitrogens with one attached hydrogen (secondary N) is 1. The van der Waals surface area contributed by atoms with Gasteiger partial charge in [-0.1, -0.05) is 60.7 Å². The first kappa shape index (κ1) is 12.7. The predicted octanol–water partition coefficient (Wildman–Crippen LogP) is 3.32. The third-order valence-electron chi connectivity index (χ3n) is 3.79. The predicted molar refractivity (Wildman–Crippen MR) is 77.6 cm³/mol. The zero-order valence-corrected chi connectivity index (χ0v) is 11.4. The minimum atomic E-state index is -0.570. The Hall–Kier alpha value is -2.29. The van der Waals surface area contributed by atoms with Crippen LogP contribution in [-0.4, -0.2) is 18.2 Å². The van der Waals surface area contributed by atoms with Gasteiger partial charge < -0.3 is 10.1 Å². The van der Waals surface area contributed by atoms with Crippen LogP contribution in [0.25, 0.3) is 0 Å². The van der Waals surface area contributed by atoms with Gasteiger partial charge in [-0.3, -0.25) is 0 Å². The average molecular weight is 267 g/mol. The van der Waals surface area contributed by atoms with E-state index in [1.807, 2.05) is 43.3 Å². The standard InChI is InChI=1S/C17H17NO2/c1-17(12-18-16(19)20-17)15(13-8-4-2-5-9-13)14-10-6-3-7-11-14/h2-11,15H,12H2,1H3,(H,18,19). The molecule has 1 amide bonds.